The first kappa shape index (κ1) is 6.91. The normalized spacial score (nSPS) is 31.7. The number of nitrogens with one attached hydrogen (secondary N) is 2. The predicted octanol–water partition coefficient (Wildman–Crippen LogP) is -1.55. The quantitative estimate of drug-likeness (QED) is 0.403. The topological polar surface area (TPSA) is 50.8 Å². The summed E-state index contributed by atoms with van der Waals surface area (Å²) in [5.74, 6) is 0. The van der Waals surface area contributed by atoms with Gasteiger partial charge < -0.3 is 5.11 Å². The predicted molar refractivity (Wildman–Crippen MR) is 32.4 cm³/mol. The van der Waals surface area contributed by atoms with Gasteiger partial charge in [-0.3, -0.25) is 0 Å². The van der Waals surface area contributed by atoms with Crippen LogP contribution in [0, 0.1) is 0 Å². The lowest BCUT2D eigenvalue weighted by Crippen LogP contribution is -2.39. The van der Waals surface area contributed by atoms with Gasteiger partial charge in [-0.15, -0.1) is 0 Å². The minimum absolute atomic E-state index is 0.597. The van der Waals surface area contributed by atoms with Gasteiger partial charge in [0.1, 0.15) is 0 Å². The number of rotatable bonds is 1. The van der Waals surface area contributed by atoms with Gasteiger partial charge in [0.05, 0.1) is 0 Å². The van der Waals surface area contributed by atoms with E-state index in [0.717, 1.165) is 6.54 Å². The maximum absolute atomic E-state index is 9.07. The number of hydrogen-bond acceptors (Lipinski definition) is 5. The molecule has 1 fully saturated rings. The van der Waals surface area contributed by atoms with Crippen LogP contribution in [0.3, 0.4) is 0 Å². The smallest absolute Gasteiger partial charge is 0.190 e. The summed E-state index contributed by atoms with van der Waals surface area (Å²) in [4.78, 5) is 0. The van der Waals surface area contributed by atoms with E-state index in [1.54, 1.807) is 17.2 Å². The molecule has 0 amide bonds. The zero-order chi connectivity index (χ0) is 6.85. The Morgan fingerprint density at radius 1 is 1.67 bits per heavy atom. The fourth-order valence-electron chi connectivity index (χ4n) is 0.763. The fourth-order valence-corrected chi connectivity index (χ4v) is 0.763. The maximum Gasteiger partial charge on any atom is 0.190 e. The molecule has 1 heterocycles. The van der Waals surface area contributed by atoms with Crippen molar-refractivity contribution in [3.05, 3.63) is 0 Å². The van der Waals surface area contributed by atoms with E-state index in [2.05, 4.69) is 11.0 Å². The number of hydrazine groups is 3. The molecule has 1 aliphatic rings. The molecule has 0 saturated carbocycles. The van der Waals surface area contributed by atoms with Crippen molar-refractivity contribution in [1.82, 2.24) is 21.1 Å². The maximum atomic E-state index is 9.07. The van der Waals surface area contributed by atoms with Crippen LogP contribution in [0.4, 0.5) is 0 Å². The highest BCUT2D eigenvalue weighted by atomic mass is 16.3. The molecule has 0 aromatic heterocycles. The van der Waals surface area contributed by atoms with Gasteiger partial charge in [-0.05, 0) is 0 Å². The van der Waals surface area contributed by atoms with Crippen LogP contribution in [-0.4, -0.2) is 35.2 Å². The number of nitrogens with zero attached hydrogens (tertiary/aromatic N) is 2. The molecule has 0 radical (unpaired) electrons. The van der Waals surface area contributed by atoms with Crippen molar-refractivity contribution in [3.8, 4) is 0 Å². The van der Waals surface area contributed by atoms with Gasteiger partial charge in [-0.1, -0.05) is 6.92 Å². The summed E-state index contributed by atoms with van der Waals surface area (Å²) in [6.45, 7) is 2.72. The third kappa shape index (κ3) is 1.38. The van der Waals surface area contributed by atoms with Gasteiger partial charge in [-0.25, -0.2) is 0 Å². The molecule has 0 aliphatic carbocycles. The Bertz CT molecular complexity index is 98.6. The van der Waals surface area contributed by atoms with Crippen molar-refractivity contribution in [2.24, 2.45) is 0 Å². The van der Waals surface area contributed by atoms with E-state index in [1.807, 2.05) is 6.92 Å². The first-order valence-electron chi connectivity index (χ1n) is 2.95. The lowest BCUT2D eigenvalue weighted by atomic mass is 10.7. The molecule has 1 saturated heterocycles. The molecule has 5 heteroatoms. The molecular weight excluding hydrogens is 120 g/mol. The van der Waals surface area contributed by atoms with Crippen LogP contribution < -0.4 is 11.0 Å². The molecule has 1 aliphatic heterocycles. The van der Waals surface area contributed by atoms with Crippen LogP contribution in [0.15, 0.2) is 0 Å². The second-order valence-corrected chi connectivity index (χ2v) is 1.95. The Labute approximate surface area is 54.2 Å². The van der Waals surface area contributed by atoms with E-state index in [9.17, 15) is 0 Å². The highest BCUT2D eigenvalue weighted by Crippen LogP contribution is 1.94. The standard InChI is InChI=1S/C4H12N4O/c1-3-8-4(9)5-7(2)6-8/h4-6,9H,3H2,1-2H3. The Morgan fingerprint density at radius 2 is 2.33 bits per heavy atom. The van der Waals surface area contributed by atoms with Crippen molar-refractivity contribution in [3.63, 3.8) is 0 Å². The van der Waals surface area contributed by atoms with Gasteiger partial charge in [0, 0.05) is 13.6 Å². The molecule has 1 unspecified atom stereocenters. The fraction of sp³-hybridized carbons (Fsp3) is 1.00. The van der Waals surface area contributed by atoms with Crippen LogP contribution in [-0.2, 0) is 0 Å². The van der Waals surface area contributed by atoms with Crippen molar-refractivity contribution in [2.75, 3.05) is 13.6 Å². The van der Waals surface area contributed by atoms with E-state index in [1.165, 1.54) is 0 Å². The lowest BCUT2D eigenvalue weighted by molar-refractivity contribution is 0.00263. The van der Waals surface area contributed by atoms with Gasteiger partial charge in [0.2, 0.25) is 0 Å². The average Bonchev–Trinajstić information content (AvgIpc) is 2.10. The van der Waals surface area contributed by atoms with Gasteiger partial charge >= 0.3 is 0 Å². The second-order valence-electron chi connectivity index (χ2n) is 1.95. The zero-order valence-electron chi connectivity index (χ0n) is 5.63. The summed E-state index contributed by atoms with van der Waals surface area (Å²) in [6.07, 6.45) is -0.597. The van der Waals surface area contributed by atoms with Crippen molar-refractivity contribution in [1.29, 1.82) is 0 Å². The summed E-state index contributed by atoms with van der Waals surface area (Å²) in [6, 6.07) is 0. The highest BCUT2D eigenvalue weighted by Gasteiger charge is 2.22. The molecule has 1 atom stereocenters. The molecule has 0 aromatic rings. The Balaban J connectivity index is 2.38. The minimum Gasteiger partial charge on any atom is -0.363 e. The zero-order valence-corrected chi connectivity index (χ0v) is 5.63. The van der Waals surface area contributed by atoms with Crippen LogP contribution in [0.2, 0.25) is 0 Å². The van der Waals surface area contributed by atoms with E-state index in [4.69, 9.17) is 5.11 Å². The minimum atomic E-state index is -0.597. The summed E-state index contributed by atoms with van der Waals surface area (Å²) in [5.41, 5.74) is 5.58. The van der Waals surface area contributed by atoms with Crippen molar-refractivity contribution < 1.29 is 5.11 Å². The van der Waals surface area contributed by atoms with Crippen LogP contribution >= 0.6 is 0 Å². The monoisotopic (exact) mass is 132 g/mol. The van der Waals surface area contributed by atoms with Gasteiger partial charge in [0.25, 0.3) is 0 Å². The molecule has 0 bridgehead atoms. The molecule has 5 nitrogen and oxygen atoms in total. The SMILES string of the molecule is CCN1NN(C)NC1O. The van der Waals surface area contributed by atoms with Crippen molar-refractivity contribution in [2.45, 2.75) is 13.3 Å². The van der Waals surface area contributed by atoms with Gasteiger partial charge in [-0.2, -0.15) is 21.1 Å². The largest absolute Gasteiger partial charge is 0.363 e. The number of aliphatic hydroxyl groups excluding tert-OH is 1. The highest BCUT2D eigenvalue weighted by molar-refractivity contribution is 4.54. The average molecular weight is 132 g/mol. The van der Waals surface area contributed by atoms with E-state index >= 15 is 0 Å². The summed E-state index contributed by atoms with van der Waals surface area (Å²) in [7, 11) is 1.79. The summed E-state index contributed by atoms with van der Waals surface area (Å²) < 4.78 is 0. The van der Waals surface area contributed by atoms with Crippen LogP contribution in [0.25, 0.3) is 0 Å². The van der Waals surface area contributed by atoms with Crippen molar-refractivity contribution >= 4 is 0 Å². The molecule has 54 valence electrons. The molecule has 1 rings (SSSR count). The molecular formula is C4H12N4O. The third-order valence-corrected chi connectivity index (χ3v) is 1.22. The number of hydrogen-bond donors (Lipinski definition) is 3. The molecule has 0 spiro atoms. The van der Waals surface area contributed by atoms with Gasteiger partial charge in [0.15, 0.2) is 6.35 Å². The Kier molecular flexibility index (Phi) is 1.99. The first-order chi connectivity index (χ1) is 4.24. The van der Waals surface area contributed by atoms with E-state index in [0.29, 0.717) is 0 Å². The summed E-state index contributed by atoms with van der Waals surface area (Å²) >= 11 is 0. The molecule has 9 heavy (non-hydrogen) atoms. The van der Waals surface area contributed by atoms with E-state index < -0.39 is 6.35 Å². The Hall–Kier alpha value is -0.200. The lowest BCUT2D eigenvalue weighted by Gasteiger charge is -2.13. The second kappa shape index (κ2) is 2.59. The van der Waals surface area contributed by atoms with Crippen LogP contribution in [0.1, 0.15) is 6.92 Å². The molecule has 3 N–H and O–H groups in total. The third-order valence-electron chi connectivity index (χ3n) is 1.22. The first-order valence-corrected chi connectivity index (χ1v) is 2.95. The molecule has 0 aromatic carbocycles. The summed E-state index contributed by atoms with van der Waals surface area (Å²) in [5, 5.41) is 12.3. The van der Waals surface area contributed by atoms with E-state index in [-0.39, 0.29) is 0 Å². The Morgan fingerprint density at radius 3 is 2.56 bits per heavy atom. The number of aliphatic hydroxyl groups is 1. The van der Waals surface area contributed by atoms with Crippen LogP contribution in [0.5, 0.6) is 0 Å².